The smallest absolute Gasteiger partial charge is 0.146 e. The van der Waals surface area contributed by atoms with E-state index in [-0.39, 0.29) is 0 Å². The van der Waals surface area contributed by atoms with Crippen molar-refractivity contribution in [2.45, 2.75) is 0 Å². The monoisotopic (exact) mass is 303 g/mol. The van der Waals surface area contributed by atoms with Crippen molar-refractivity contribution in [1.29, 1.82) is 0 Å². The van der Waals surface area contributed by atoms with Crippen LogP contribution in [0.3, 0.4) is 0 Å². The summed E-state index contributed by atoms with van der Waals surface area (Å²) >= 11 is 0. The molecule has 5 heteroatoms. The lowest BCUT2D eigenvalue weighted by Gasteiger charge is -2.24. The number of rotatable bonds is 6. The summed E-state index contributed by atoms with van der Waals surface area (Å²) in [4.78, 5) is 2.00. The molecule has 0 radical (unpaired) electrons. The van der Waals surface area contributed by atoms with Gasteiger partial charge in [-0.25, -0.2) is 0 Å². The number of anilines is 2. The quantitative estimate of drug-likeness (QED) is 0.817. The fourth-order valence-corrected chi connectivity index (χ4v) is 2.25. The van der Waals surface area contributed by atoms with Crippen molar-refractivity contribution in [2.75, 3.05) is 40.4 Å². The van der Waals surface area contributed by atoms with Crippen molar-refractivity contribution in [2.24, 2.45) is 0 Å². The summed E-state index contributed by atoms with van der Waals surface area (Å²) in [6, 6.07) is 11.4. The predicted molar refractivity (Wildman–Crippen MR) is 87.2 cm³/mol. The van der Waals surface area contributed by atoms with Gasteiger partial charge in [-0.2, -0.15) is 0 Å². The molecule has 118 valence electrons. The molecule has 2 aromatic carbocycles. The van der Waals surface area contributed by atoms with Gasteiger partial charge in [-0.1, -0.05) is 0 Å². The van der Waals surface area contributed by atoms with Gasteiger partial charge >= 0.3 is 0 Å². The zero-order valence-electron chi connectivity index (χ0n) is 13.5. The SMILES string of the molecule is COc1ccc(N(C)c2ccc(OC)cc2OC)c(OC)c1. The normalized spacial score (nSPS) is 10.0. The third kappa shape index (κ3) is 3.03. The molecule has 0 unspecified atom stereocenters. The minimum atomic E-state index is 0.722. The van der Waals surface area contributed by atoms with Gasteiger partial charge < -0.3 is 23.8 Å². The molecule has 0 bridgehead atoms. The highest BCUT2D eigenvalue weighted by Gasteiger charge is 2.15. The van der Waals surface area contributed by atoms with E-state index in [4.69, 9.17) is 18.9 Å². The highest BCUT2D eigenvalue weighted by Crippen LogP contribution is 2.40. The molecule has 5 nitrogen and oxygen atoms in total. The standard InChI is InChI=1S/C17H21NO4/c1-18(14-8-6-12(19-2)10-16(14)21-4)15-9-7-13(20-3)11-17(15)22-5/h6-11H,1-5H3. The molecule has 0 saturated carbocycles. The Morgan fingerprint density at radius 1 is 0.636 bits per heavy atom. The van der Waals surface area contributed by atoms with E-state index in [1.165, 1.54) is 0 Å². The summed E-state index contributed by atoms with van der Waals surface area (Å²) in [6.45, 7) is 0. The molecule has 0 aliphatic heterocycles. The number of hydrogen-bond donors (Lipinski definition) is 0. The lowest BCUT2D eigenvalue weighted by molar-refractivity contribution is 0.393. The van der Waals surface area contributed by atoms with Crippen molar-refractivity contribution in [1.82, 2.24) is 0 Å². The summed E-state index contributed by atoms with van der Waals surface area (Å²) in [7, 11) is 8.48. The molecule has 22 heavy (non-hydrogen) atoms. The summed E-state index contributed by atoms with van der Waals surface area (Å²) in [5.74, 6) is 2.94. The maximum atomic E-state index is 5.46. The van der Waals surface area contributed by atoms with Crippen LogP contribution in [0.1, 0.15) is 0 Å². The summed E-state index contributed by atoms with van der Waals surface area (Å²) in [6.07, 6.45) is 0. The zero-order valence-corrected chi connectivity index (χ0v) is 13.5. The van der Waals surface area contributed by atoms with Crippen molar-refractivity contribution >= 4 is 11.4 Å². The number of methoxy groups -OCH3 is 4. The van der Waals surface area contributed by atoms with Gasteiger partial charge in [0.2, 0.25) is 0 Å². The summed E-state index contributed by atoms with van der Waals surface area (Å²) in [5, 5.41) is 0. The first-order valence-corrected chi connectivity index (χ1v) is 6.82. The summed E-state index contributed by atoms with van der Waals surface area (Å²) in [5.41, 5.74) is 1.82. The molecule has 0 atom stereocenters. The van der Waals surface area contributed by atoms with Gasteiger partial charge in [0, 0.05) is 19.2 Å². The maximum absolute atomic E-state index is 5.46. The fourth-order valence-electron chi connectivity index (χ4n) is 2.25. The second kappa shape index (κ2) is 6.93. The van der Waals surface area contributed by atoms with Crippen LogP contribution in [0, 0.1) is 0 Å². The molecule has 0 heterocycles. The Hall–Kier alpha value is -2.56. The van der Waals surface area contributed by atoms with E-state index in [0.29, 0.717) is 0 Å². The molecule has 0 saturated heterocycles. The second-order valence-corrected chi connectivity index (χ2v) is 4.63. The first-order chi connectivity index (χ1) is 10.6. The Morgan fingerprint density at radius 2 is 1.05 bits per heavy atom. The third-order valence-electron chi connectivity index (χ3n) is 3.50. The number of ether oxygens (including phenoxy) is 4. The third-order valence-corrected chi connectivity index (χ3v) is 3.50. The average molecular weight is 303 g/mol. The van der Waals surface area contributed by atoms with Crippen LogP contribution in [0.2, 0.25) is 0 Å². The molecule has 2 aromatic rings. The molecule has 0 aromatic heterocycles. The van der Waals surface area contributed by atoms with Gasteiger partial charge in [0.1, 0.15) is 23.0 Å². The van der Waals surface area contributed by atoms with Gasteiger partial charge in [0.15, 0.2) is 0 Å². The number of nitrogens with zero attached hydrogens (tertiary/aromatic N) is 1. The Bertz CT molecular complexity index is 587. The molecule has 0 fully saturated rings. The molecule has 0 aliphatic carbocycles. The minimum Gasteiger partial charge on any atom is -0.497 e. The predicted octanol–water partition coefficient (Wildman–Crippen LogP) is 3.49. The van der Waals surface area contributed by atoms with Crippen LogP contribution in [0.5, 0.6) is 23.0 Å². The first-order valence-electron chi connectivity index (χ1n) is 6.82. The number of benzene rings is 2. The van der Waals surface area contributed by atoms with Crippen LogP contribution in [0.25, 0.3) is 0 Å². The molecular weight excluding hydrogens is 282 g/mol. The van der Waals surface area contributed by atoms with E-state index in [9.17, 15) is 0 Å². The first kappa shape index (κ1) is 15.8. The Labute approximate surface area is 131 Å². The largest absolute Gasteiger partial charge is 0.497 e. The van der Waals surface area contributed by atoms with Crippen LogP contribution in [0.15, 0.2) is 36.4 Å². The van der Waals surface area contributed by atoms with E-state index in [0.717, 1.165) is 34.4 Å². The fraction of sp³-hybridized carbons (Fsp3) is 0.294. The van der Waals surface area contributed by atoms with Crippen LogP contribution in [-0.2, 0) is 0 Å². The van der Waals surface area contributed by atoms with Gasteiger partial charge in [0.25, 0.3) is 0 Å². The van der Waals surface area contributed by atoms with Gasteiger partial charge in [-0.15, -0.1) is 0 Å². The van der Waals surface area contributed by atoms with Crippen molar-refractivity contribution in [3.8, 4) is 23.0 Å². The van der Waals surface area contributed by atoms with Gasteiger partial charge in [0.05, 0.1) is 39.8 Å². The molecule has 0 amide bonds. The Balaban J connectivity index is 2.45. The summed E-state index contributed by atoms with van der Waals surface area (Å²) < 4.78 is 21.4. The molecule has 2 rings (SSSR count). The van der Waals surface area contributed by atoms with Crippen LogP contribution in [0.4, 0.5) is 11.4 Å². The van der Waals surface area contributed by atoms with Crippen LogP contribution in [-0.4, -0.2) is 35.5 Å². The Kier molecular flexibility index (Phi) is 4.99. The molecular formula is C17H21NO4. The average Bonchev–Trinajstić information content (AvgIpc) is 2.59. The van der Waals surface area contributed by atoms with Crippen LogP contribution < -0.4 is 23.8 Å². The minimum absolute atomic E-state index is 0.722. The molecule has 0 spiro atoms. The van der Waals surface area contributed by atoms with E-state index < -0.39 is 0 Å². The highest BCUT2D eigenvalue weighted by molar-refractivity contribution is 5.74. The topological polar surface area (TPSA) is 40.2 Å². The van der Waals surface area contributed by atoms with Crippen molar-refractivity contribution in [3.05, 3.63) is 36.4 Å². The van der Waals surface area contributed by atoms with E-state index in [1.54, 1.807) is 28.4 Å². The van der Waals surface area contributed by atoms with Crippen molar-refractivity contribution < 1.29 is 18.9 Å². The van der Waals surface area contributed by atoms with Crippen molar-refractivity contribution in [3.63, 3.8) is 0 Å². The van der Waals surface area contributed by atoms with Gasteiger partial charge in [-0.3, -0.25) is 0 Å². The number of hydrogen-bond acceptors (Lipinski definition) is 5. The van der Waals surface area contributed by atoms with E-state index >= 15 is 0 Å². The second-order valence-electron chi connectivity index (χ2n) is 4.63. The maximum Gasteiger partial charge on any atom is 0.146 e. The lowest BCUT2D eigenvalue weighted by Crippen LogP contribution is -2.12. The van der Waals surface area contributed by atoms with Gasteiger partial charge in [-0.05, 0) is 24.3 Å². The van der Waals surface area contributed by atoms with E-state index in [2.05, 4.69) is 0 Å². The highest BCUT2D eigenvalue weighted by atomic mass is 16.5. The Morgan fingerprint density at radius 3 is 1.36 bits per heavy atom. The zero-order chi connectivity index (χ0) is 16.1. The molecule has 0 N–H and O–H groups in total. The lowest BCUT2D eigenvalue weighted by atomic mass is 10.2. The van der Waals surface area contributed by atoms with E-state index in [1.807, 2.05) is 48.3 Å². The van der Waals surface area contributed by atoms with Crippen LogP contribution >= 0.6 is 0 Å². The molecule has 0 aliphatic rings.